The zero-order valence-corrected chi connectivity index (χ0v) is 7.65. The van der Waals surface area contributed by atoms with Crippen LogP contribution in [-0.4, -0.2) is 0 Å². The van der Waals surface area contributed by atoms with Crippen molar-refractivity contribution in [2.75, 3.05) is 5.73 Å². The van der Waals surface area contributed by atoms with Gasteiger partial charge in [0, 0.05) is 11.3 Å². The molecule has 0 bridgehead atoms. The fourth-order valence-electron chi connectivity index (χ4n) is 1.13. The summed E-state index contributed by atoms with van der Waals surface area (Å²) in [6.45, 7) is 2.02. The van der Waals surface area contributed by atoms with Crippen molar-refractivity contribution in [2.24, 2.45) is 0 Å². The molecule has 1 rings (SSSR count). The number of nitrogens with two attached hydrogens (primary N) is 1. The number of halogens is 1. The van der Waals surface area contributed by atoms with Crippen LogP contribution in [0.5, 0.6) is 0 Å². The topological polar surface area (TPSA) is 26.0 Å². The highest BCUT2D eigenvalue weighted by Crippen LogP contribution is 2.23. The summed E-state index contributed by atoms with van der Waals surface area (Å²) in [4.78, 5) is 0. The third-order valence-electron chi connectivity index (χ3n) is 1.72. The van der Waals surface area contributed by atoms with E-state index in [9.17, 15) is 0 Å². The monoisotopic (exact) mass is 179 g/mol. The molecular formula is C10H10ClN. The molecule has 0 fully saturated rings. The summed E-state index contributed by atoms with van der Waals surface area (Å²) in [6, 6.07) is 3.54. The Hall–Kier alpha value is -1.13. The van der Waals surface area contributed by atoms with Crippen LogP contribution in [0.25, 0.3) is 0 Å². The lowest BCUT2D eigenvalue weighted by atomic mass is 10.1. The van der Waals surface area contributed by atoms with Crippen LogP contribution in [0.15, 0.2) is 12.1 Å². The molecule has 0 aliphatic carbocycles. The van der Waals surface area contributed by atoms with E-state index < -0.39 is 0 Å². The van der Waals surface area contributed by atoms with Crippen LogP contribution in [-0.2, 0) is 6.42 Å². The smallest absolute Gasteiger partial charge is 0.0585 e. The Labute approximate surface area is 77.5 Å². The molecule has 0 radical (unpaired) electrons. The van der Waals surface area contributed by atoms with Crippen LogP contribution in [0.2, 0.25) is 5.02 Å². The fraction of sp³-hybridized carbons (Fsp3) is 0.200. The Bertz CT molecular complexity index is 336. The third kappa shape index (κ3) is 1.54. The van der Waals surface area contributed by atoms with Crippen molar-refractivity contribution in [3.05, 3.63) is 28.3 Å². The number of hydrogen-bond donors (Lipinski definition) is 1. The van der Waals surface area contributed by atoms with Crippen LogP contribution in [0.4, 0.5) is 5.69 Å². The van der Waals surface area contributed by atoms with E-state index >= 15 is 0 Å². The molecular weight excluding hydrogens is 170 g/mol. The van der Waals surface area contributed by atoms with Gasteiger partial charge >= 0.3 is 0 Å². The highest BCUT2D eigenvalue weighted by molar-refractivity contribution is 6.32. The van der Waals surface area contributed by atoms with Crippen molar-refractivity contribution in [1.82, 2.24) is 0 Å². The average molecular weight is 180 g/mol. The van der Waals surface area contributed by atoms with Crippen molar-refractivity contribution in [1.29, 1.82) is 0 Å². The van der Waals surface area contributed by atoms with Gasteiger partial charge in [0.1, 0.15) is 0 Å². The van der Waals surface area contributed by atoms with Gasteiger partial charge in [-0.3, -0.25) is 0 Å². The zero-order valence-electron chi connectivity index (χ0n) is 6.89. The Balaban J connectivity index is 3.36. The highest BCUT2D eigenvalue weighted by Gasteiger charge is 2.03. The molecule has 0 aromatic heterocycles. The molecule has 0 unspecified atom stereocenters. The van der Waals surface area contributed by atoms with Gasteiger partial charge in [-0.15, -0.1) is 6.42 Å². The SMILES string of the molecule is C#Cc1c(Cl)cc(N)cc1CC. The Morgan fingerprint density at radius 2 is 2.25 bits per heavy atom. The van der Waals surface area contributed by atoms with E-state index in [1.807, 2.05) is 13.0 Å². The minimum absolute atomic E-state index is 0.564. The molecule has 1 aromatic carbocycles. The van der Waals surface area contributed by atoms with Crippen LogP contribution in [0.3, 0.4) is 0 Å². The molecule has 1 nitrogen and oxygen atoms in total. The maximum absolute atomic E-state index is 5.89. The van der Waals surface area contributed by atoms with Gasteiger partial charge in [0.05, 0.1) is 5.02 Å². The third-order valence-corrected chi connectivity index (χ3v) is 2.02. The molecule has 2 N–H and O–H groups in total. The quantitative estimate of drug-likeness (QED) is 0.520. The second-order valence-corrected chi connectivity index (χ2v) is 2.94. The van der Waals surface area contributed by atoms with Gasteiger partial charge < -0.3 is 5.73 Å². The van der Waals surface area contributed by atoms with Crippen LogP contribution in [0.1, 0.15) is 18.1 Å². The van der Waals surface area contributed by atoms with Gasteiger partial charge in [-0.25, -0.2) is 0 Å². The summed E-state index contributed by atoms with van der Waals surface area (Å²) in [5.41, 5.74) is 8.06. The van der Waals surface area contributed by atoms with Gasteiger partial charge in [0.25, 0.3) is 0 Å². The maximum atomic E-state index is 5.89. The zero-order chi connectivity index (χ0) is 9.14. The lowest BCUT2D eigenvalue weighted by Gasteiger charge is -2.05. The molecule has 0 aliphatic rings. The van der Waals surface area contributed by atoms with E-state index in [1.165, 1.54) is 0 Å². The normalized spacial score (nSPS) is 9.42. The van der Waals surface area contributed by atoms with Crippen molar-refractivity contribution >= 4 is 17.3 Å². The molecule has 0 atom stereocenters. The summed E-state index contributed by atoms with van der Waals surface area (Å²) >= 11 is 5.89. The van der Waals surface area contributed by atoms with Gasteiger partial charge in [0.15, 0.2) is 0 Å². The molecule has 0 heterocycles. The molecule has 62 valence electrons. The maximum Gasteiger partial charge on any atom is 0.0585 e. The van der Waals surface area contributed by atoms with Crippen molar-refractivity contribution < 1.29 is 0 Å². The molecule has 0 aliphatic heterocycles. The first-order valence-corrected chi connectivity index (χ1v) is 4.11. The Morgan fingerprint density at radius 1 is 1.58 bits per heavy atom. The first-order valence-electron chi connectivity index (χ1n) is 3.73. The summed E-state index contributed by atoms with van der Waals surface area (Å²) < 4.78 is 0. The summed E-state index contributed by atoms with van der Waals surface area (Å²) in [5, 5.41) is 0.564. The number of rotatable bonds is 1. The highest BCUT2D eigenvalue weighted by atomic mass is 35.5. The molecule has 2 heteroatoms. The molecule has 12 heavy (non-hydrogen) atoms. The van der Waals surface area contributed by atoms with E-state index in [1.54, 1.807) is 6.07 Å². The Morgan fingerprint density at radius 3 is 2.75 bits per heavy atom. The van der Waals surface area contributed by atoms with E-state index in [-0.39, 0.29) is 0 Å². The van der Waals surface area contributed by atoms with E-state index in [2.05, 4.69) is 5.92 Å². The van der Waals surface area contributed by atoms with E-state index in [4.69, 9.17) is 23.8 Å². The minimum Gasteiger partial charge on any atom is -0.399 e. The van der Waals surface area contributed by atoms with Crippen molar-refractivity contribution in [3.8, 4) is 12.3 Å². The van der Waals surface area contributed by atoms with Gasteiger partial charge in [-0.2, -0.15) is 0 Å². The van der Waals surface area contributed by atoms with E-state index in [0.717, 1.165) is 17.5 Å². The number of anilines is 1. The number of benzene rings is 1. The van der Waals surface area contributed by atoms with E-state index in [0.29, 0.717) is 10.7 Å². The molecule has 0 amide bonds. The standard InChI is InChI=1S/C10H10ClN/c1-3-7-5-8(12)6-10(11)9(7)4-2/h2,5-6H,3,12H2,1H3. The lowest BCUT2D eigenvalue weighted by Crippen LogP contribution is -1.93. The number of nitrogen functional groups attached to an aromatic ring is 1. The Kier molecular flexibility index (Phi) is 2.62. The van der Waals surface area contributed by atoms with Gasteiger partial charge in [-0.1, -0.05) is 24.4 Å². The fourth-order valence-corrected chi connectivity index (χ4v) is 1.43. The molecule has 0 saturated carbocycles. The predicted molar refractivity (Wildman–Crippen MR) is 53.2 cm³/mol. The summed E-state index contributed by atoms with van der Waals surface area (Å²) in [6.07, 6.45) is 6.15. The largest absolute Gasteiger partial charge is 0.399 e. The molecule has 0 spiro atoms. The second-order valence-electron chi connectivity index (χ2n) is 2.53. The summed E-state index contributed by atoms with van der Waals surface area (Å²) in [5.74, 6) is 2.55. The van der Waals surface area contributed by atoms with Crippen LogP contribution >= 0.6 is 11.6 Å². The van der Waals surface area contributed by atoms with Crippen molar-refractivity contribution in [2.45, 2.75) is 13.3 Å². The number of hydrogen-bond acceptors (Lipinski definition) is 1. The molecule has 1 aromatic rings. The van der Waals surface area contributed by atoms with Crippen molar-refractivity contribution in [3.63, 3.8) is 0 Å². The first-order chi connectivity index (χ1) is 5.69. The van der Waals surface area contributed by atoms with Gasteiger partial charge in [0.2, 0.25) is 0 Å². The summed E-state index contributed by atoms with van der Waals surface area (Å²) in [7, 11) is 0. The van der Waals surface area contributed by atoms with Crippen LogP contribution < -0.4 is 5.73 Å². The lowest BCUT2D eigenvalue weighted by molar-refractivity contribution is 1.13. The number of terminal acetylenes is 1. The second kappa shape index (κ2) is 3.51. The number of aryl methyl sites for hydroxylation is 1. The van der Waals surface area contributed by atoms with Crippen LogP contribution in [0, 0.1) is 12.3 Å². The average Bonchev–Trinajstić information content (AvgIpc) is 2.03. The minimum atomic E-state index is 0.564. The first kappa shape index (κ1) is 8.96. The molecule has 0 saturated heterocycles. The van der Waals surface area contributed by atoms with Gasteiger partial charge in [-0.05, 0) is 24.1 Å². The predicted octanol–water partition coefficient (Wildman–Crippen LogP) is 2.47.